The topological polar surface area (TPSA) is 50.7 Å². The van der Waals surface area contributed by atoms with Crippen LogP contribution in [0.4, 0.5) is 8.78 Å². The summed E-state index contributed by atoms with van der Waals surface area (Å²) >= 11 is 0. The number of nitrogens with one attached hydrogen (secondary N) is 1. The number of nitrogens with zero attached hydrogens (tertiary/aromatic N) is 1. The minimum absolute atomic E-state index is 0.237. The van der Waals surface area contributed by atoms with E-state index in [1.807, 2.05) is 0 Å². The molecule has 0 saturated carbocycles. The molecule has 2 aromatic carbocycles. The van der Waals surface area contributed by atoms with Crippen LogP contribution < -0.4 is 5.32 Å². The van der Waals surface area contributed by atoms with Gasteiger partial charge in [-0.25, -0.2) is 8.78 Å². The molecule has 1 N–H and O–H groups in total. The number of carbonyl (C=O) groups excluding carboxylic acids is 1. The van der Waals surface area contributed by atoms with Gasteiger partial charge in [0.15, 0.2) is 6.61 Å². The Morgan fingerprint density at radius 3 is 2.27 bits per heavy atom. The van der Waals surface area contributed by atoms with Gasteiger partial charge in [-0.2, -0.15) is 0 Å². The summed E-state index contributed by atoms with van der Waals surface area (Å²) in [5.41, 5.74) is 1.44. The Hall–Kier alpha value is -2.76. The molecule has 2 rings (SSSR count). The third-order valence-electron chi connectivity index (χ3n) is 2.74. The molecule has 6 heteroatoms. The Morgan fingerprint density at radius 2 is 1.64 bits per heavy atom. The first-order valence-corrected chi connectivity index (χ1v) is 6.55. The standard InChI is InChI=1S/C16H14F2N2O2/c17-14-5-1-12(2-6-14)9-19-16(21)11-22-20-10-13-3-7-15(18)8-4-13/h1-8,10H,9,11H2,(H,19,21)/b20-10+. The van der Waals surface area contributed by atoms with Crippen molar-refractivity contribution in [3.8, 4) is 0 Å². The molecule has 0 aliphatic rings. The molecule has 0 aliphatic heterocycles. The van der Waals surface area contributed by atoms with E-state index < -0.39 is 0 Å². The highest BCUT2D eigenvalue weighted by atomic mass is 19.1. The maximum atomic E-state index is 12.7. The zero-order chi connectivity index (χ0) is 15.8. The van der Waals surface area contributed by atoms with Crippen LogP contribution >= 0.6 is 0 Å². The number of carbonyl (C=O) groups is 1. The van der Waals surface area contributed by atoms with E-state index in [0.717, 1.165) is 5.56 Å². The van der Waals surface area contributed by atoms with Crippen molar-refractivity contribution in [3.05, 3.63) is 71.3 Å². The quantitative estimate of drug-likeness (QED) is 0.659. The Balaban J connectivity index is 1.69. The molecule has 0 atom stereocenters. The summed E-state index contributed by atoms with van der Waals surface area (Å²) in [6, 6.07) is 11.5. The van der Waals surface area contributed by atoms with Gasteiger partial charge in [-0.15, -0.1) is 0 Å². The molecule has 4 nitrogen and oxygen atoms in total. The maximum Gasteiger partial charge on any atom is 0.261 e. The van der Waals surface area contributed by atoms with Crippen molar-refractivity contribution < 1.29 is 18.4 Å². The summed E-state index contributed by atoms with van der Waals surface area (Å²) in [6.07, 6.45) is 1.38. The maximum absolute atomic E-state index is 12.7. The van der Waals surface area contributed by atoms with Crippen LogP contribution in [0.3, 0.4) is 0 Å². The summed E-state index contributed by atoms with van der Waals surface area (Å²) in [7, 11) is 0. The highest BCUT2D eigenvalue weighted by molar-refractivity contribution is 5.79. The highest BCUT2D eigenvalue weighted by Gasteiger charge is 2.01. The summed E-state index contributed by atoms with van der Waals surface area (Å²) in [4.78, 5) is 16.3. The van der Waals surface area contributed by atoms with E-state index in [4.69, 9.17) is 4.84 Å². The molecular weight excluding hydrogens is 290 g/mol. The third-order valence-corrected chi connectivity index (χ3v) is 2.74. The van der Waals surface area contributed by atoms with E-state index in [0.29, 0.717) is 5.56 Å². The van der Waals surface area contributed by atoms with E-state index in [-0.39, 0.29) is 30.7 Å². The molecule has 114 valence electrons. The van der Waals surface area contributed by atoms with Gasteiger partial charge in [0, 0.05) is 6.54 Å². The average Bonchev–Trinajstić information content (AvgIpc) is 2.53. The molecule has 0 radical (unpaired) electrons. The SMILES string of the molecule is O=C(CO/N=C/c1ccc(F)cc1)NCc1ccc(F)cc1. The normalized spacial score (nSPS) is 10.6. The molecule has 0 bridgehead atoms. The smallest absolute Gasteiger partial charge is 0.261 e. The Morgan fingerprint density at radius 1 is 1.05 bits per heavy atom. The van der Waals surface area contributed by atoms with E-state index in [1.54, 1.807) is 12.1 Å². The monoisotopic (exact) mass is 304 g/mol. The molecular formula is C16H14F2N2O2. The summed E-state index contributed by atoms with van der Waals surface area (Å²) in [5, 5.41) is 6.23. The second-order valence-electron chi connectivity index (χ2n) is 4.46. The van der Waals surface area contributed by atoms with Crippen molar-refractivity contribution in [1.29, 1.82) is 0 Å². The predicted octanol–water partition coefficient (Wildman–Crippen LogP) is 2.63. The third kappa shape index (κ3) is 5.32. The Kier molecular flexibility index (Phi) is 5.59. The summed E-state index contributed by atoms with van der Waals surface area (Å²) < 4.78 is 25.4. The van der Waals surface area contributed by atoms with E-state index in [2.05, 4.69) is 10.5 Å². The number of halogens is 2. The van der Waals surface area contributed by atoms with Crippen molar-refractivity contribution in [2.75, 3.05) is 6.61 Å². The molecule has 0 aromatic heterocycles. The van der Waals surface area contributed by atoms with Gasteiger partial charge in [0.05, 0.1) is 6.21 Å². The lowest BCUT2D eigenvalue weighted by Crippen LogP contribution is -2.26. The van der Waals surface area contributed by atoms with Crippen LogP contribution in [0.2, 0.25) is 0 Å². The zero-order valence-electron chi connectivity index (χ0n) is 11.6. The number of hydrogen-bond donors (Lipinski definition) is 1. The fourth-order valence-corrected chi connectivity index (χ4v) is 1.60. The molecule has 22 heavy (non-hydrogen) atoms. The van der Waals surface area contributed by atoms with Gasteiger partial charge in [0.2, 0.25) is 0 Å². The minimum atomic E-state index is -0.347. The van der Waals surface area contributed by atoms with Crippen molar-refractivity contribution in [2.45, 2.75) is 6.54 Å². The van der Waals surface area contributed by atoms with E-state index >= 15 is 0 Å². The Bertz CT molecular complexity index is 640. The first-order valence-electron chi connectivity index (χ1n) is 6.55. The van der Waals surface area contributed by atoms with Gasteiger partial charge in [-0.1, -0.05) is 29.4 Å². The summed E-state index contributed by atoms with van der Waals surface area (Å²) in [5.74, 6) is -1.01. The van der Waals surface area contributed by atoms with Gasteiger partial charge in [-0.3, -0.25) is 4.79 Å². The van der Waals surface area contributed by atoms with Crippen LogP contribution in [-0.2, 0) is 16.2 Å². The number of oxime groups is 1. The molecule has 0 unspecified atom stereocenters. The van der Waals surface area contributed by atoms with Crippen LogP contribution in [0, 0.1) is 11.6 Å². The second kappa shape index (κ2) is 7.87. The van der Waals surface area contributed by atoms with Crippen molar-refractivity contribution in [2.24, 2.45) is 5.16 Å². The molecule has 2 aromatic rings. The number of rotatable bonds is 6. The molecule has 0 spiro atoms. The van der Waals surface area contributed by atoms with Crippen molar-refractivity contribution in [1.82, 2.24) is 5.32 Å². The fourth-order valence-electron chi connectivity index (χ4n) is 1.60. The lowest BCUT2D eigenvalue weighted by atomic mass is 10.2. The zero-order valence-corrected chi connectivity index (χ0v) is 11.6. The average molecular weight is 304 g/mol. The first-order chi connectivity index (χ1) is 10.6. The molecule has 0 fully saturated rings. The van der Waals surface area contributed by atoms with E-state index in [1.165, 1.54) is 42.6 Å². The second-order valence-corrected chi connectivity index (χ2v) is 4.46. The molecule has 1 amide bonds. The van der Waals surface area contributed by atoms with Crippen LogP contribution in [0.5, 0.6) is 0 Å². The van der Waals surface area contributed by atoms with Gasteiger partial charge in [0.1, 0.15) is 11.6 Å². The van der Waals surface area contributed by atoms with Crippen LogP contribution in [0.1, 0.15) is 11.1 Å². The van der Waals surface area contributed by atoms with Crippen molar-refractivity contribution in [3.63, 3.8) is 0 Å². The molecule has 0 saturated heterocycles. The predicted molar refractivity (Wildman–Crippen MR) is 78.2 cm³/mol. The fraction of sp³-hybridized carbons (Fsp3) is 0.125. The van der Waals surface area contributed by atoms with Crippen LogP contribution in [0.25, 0.3) is 0 Å². The van der Waals surface area contributed by atoms with Gasteiger partial charge < -0.3 is 10.2 Å². The molecule has 0 heterocycles. The first kappa shape index (κ1) is 15.6. The number of hydrogen-bond acceptors (Lipinski definition) is 3. The van der Waals surface area contributed by atoms with Crippen molar-refractivity contribution >= 4 is 12.1 Å². The van der Waals surface area contributed by atoms with Gasteiger partial charge in [-0.05, 0) is 35.4 Å². The molecule has 0 aliphatic carbocycles. The lowest BCUT2D eigenvalue weighted by molar-refractivity contribution is -0.125. The van der Waals surface area contributed by atoms with Gasteiger partial charge >= 0.3 is 0 Å². The van der Waals surface area contributed by atoms with E-state index in [9.17, 15) is 13.6 Å². The largest absolute Gasteiger partial charge is 0.386 e. The highest BCUT2D eigenvalue weighted by Crippen LogP contribution is 2.02. The van der Waals surface area contributed by atoms with Crippen LogP contribution in [0.15, 0.2) is 53.7 Å². The lowest BCUT2D eigenvalue weighted by Gasteiger charge is -2.04. The van der Waals surface area contributed by atoms with Crippen LogP contribution in [-0.4, -0.2) is 18.7 Å². The minimum Gasteiger partial charge on any atom is -0.386 e. The number of benzene rings is 2. The van der Waals surface area contributed by atoms with Gasteiger partial charge in [0.25, 0.3) is 5.91 Å². The Labute approximate surface area is 126 Å². The number of amides is 1. The summed E-state index contributed by atoms with van der Waals surface area (Å²) in [6.45, 7) is 0.0447.